The van der Waals surface area contributed by atoms with E-state index in [2.05, 4.69) is 18.9 Å². The standard InChI is InChI=1S/2C3H4O6.C/c2*4-2(5)8-1-9-3(6)7;/h2*1H2,(H,4,5)(H,6,7);. The lowest BCUT2D eigenvalue weighted by molar-refractivity contribution is -0.0185. The summed E-state index contributed by atoms with van der Waals surface area (Å²) in [4.78, 5) is 37.9. The summed E-state index contributed by atoms with van der Waals surface area (Å²) in [7, 11) is 0. The average Bonchev–Trinajstić information content (AvgIpc) is 2.15. The zero-order chi connectivity index (χ0) is 14.6. The van der Waals surface area contributed by atoms with Crippen LogP contribution in [0, 0.1) is 7.43 Å². The highest BCUT2D eigenvalue weighted by Crippen LogP contribution is 1.79. The van der Waals surface area contributed by atoms with Crippen LogP contribution in [-0.2, 0) is 18.9 Å². The molecule has 0 aromatic heterocycles. The van der Waals surface area contributed by atoms with Crippen molar-refractivity contribution in [2.75, 3.05) is 13.6 Å². The molecule has 4 N–H and O–H groups in total. The van der Waals surface area contributed by atoms with E-state index in [0.29, 0.717) is 0 Å². The van der Waals surface area contributed by atoms with Gasteiger partial charge in [-0.15, -0.1) is 0 Å². The minimum absolute atomic E-state index is 0. The minimum Gasteiger partial charge on any atom is -0.450 e. The quantitative estimate of drug-likeness (QED) is 0.419. The number of hydrogen-bond acceptors (Lipinski definition) is 8. The number of carbonyl (C=O) groups is 4. The molecule has 12 nitrogen and oxygen atoms in total. The van der Waals surface area contributed by atoms with E-state index in [9.17, 15) is 19.2 Å². The zero-order valence-electron chi connectivity index (χ0n) is 8.97. The van der Waals surface area contributed by atoms with E-state index in [1.807, 2.05) is 0 Å². The van der Waals surface area contributed by atoms with Gasteiger partial charge in [-0.05, 0) is 0 Å². The van der Waals surface area contributed by atoms with Crippen molar-refractivity contribution in [2.24, 2.45) is 0 Å². The second-order valence-corrected chi connectivity index (χ2v) is 1.88. The molecular weight excluding hydrogens is 276 g/mol. The van der Waals surface area contributed by atoms with Gasteiger partial charge in [0.1, 0.15) is 0 Å². The van der Waals surface area contributed by atoms with Crippen molar-refractivity contribution in [3.8, 4) is 0 Å². The number of carboxylic acid groups (broad SMARTS) is 4. The summed E-state index contributed by atoms with van der Waals surface area (Å²) in [6.07, 6.45) is -6.29. The maximum Gasteiger partial charge on any atom is 0.508 e. The lowest BCUT2D eigenvalue weighted by Crippen LogP contribution is -2.08. The van der Waals surface area contributed by atoms with Crippen LogP contribution in [0.3, 0.4) is 0 Å². The molecule has 0 saturated heterocycles. The molecule has 0 unspecified atom stereocenters. The second kappa shape index (κ2) is 13.1. The Kier molecular flexibility index (Phi) is 14.8. The molecule has 0 heterocycles. The largest absolute Gasteiger partial charge is 0.508 e. The highest BCUT2D eigenvalue weighted by Gasteiger charge is 1.99. The van der Waals surface area contributed by atoms with Crippen LogP contribution in [0.15, 0.2) is 0 Å². The SMILES string of the molecule is O=C(O)OCOC(=O)O.O=C(O)OCOC(=O)O.[C]. The van der Waals surface area contributed by atoms with Crippen LogP contribution in [0.4, 0.5) is 19.2 Å². The summed E-state index contributed by atoms with van der Waals surface area (Å²) < 4.78 is 14.7. The highest BCUT2D eigenvalue weighted by atomic mass is 16.8. The number of rotatable bonds is 4. The lowest BCUT2D eigenvalue weighted by atomic mass is 11.2. The third kappa shape index (κ3) is 31.3. The Morgan fingerprint density at radius 3 is 0.842 bits per heavy atom. The fourth-order valence-electron chi connectivity index (χ4n) is 0.261. The lowest BCUT2D eigenvalue weighted by Gasteiger charge is -1.96. The Balaban J connectivity index is -0.000000256. The molecule has 4 radical (unpaired) electrons. The van der Waals surface area contributed by atoms with E-state index in [0.717, 1.165) is 0 Å². The Hall–Kier alpha value is -2.92. The van der Waals surface area contributed by atoms with Crippen LogP contribution in [0.2, 0.25) is 0 Å². The van der Waals surface area contributed by atoms with E-state index in [1.54, 1.807) is 0 Å². The Labute approximate surface area is 105 Å². The van der Waals surface area contributed by atoms with Crippen LogP contribution >= 0.6 is 0 Å². The molecule has 0 aliphatic carbocycles. The van der Waals surface area contributed by atoms with Crippen molar-refractivity contribution in [1.29, 1.82) is 0 Å². The monoisotopic (exact) mass is 284 g/mol. The van der Waals surface area contributed by atoms with Gasteiger partial charge in [0.25, 0.3) is 0 Å². The predicted octanol–water partition coefficient (Wildman–Crippen LogP) is 0.747. The fraction of sp³-hybridized carbons (Fsp3) is 0.286. The molecule has 0 atom stereocenters. The molecule has 19 heavy (non-hydrogen) atoms. The summed E-state index contributed by atoms with van der Waals surface area (Å²) in [5, 5.41) is 30.9. The molecule has 12 heteroatoms. The van der Waals surface area contributed by atoms with Crippen molar-refractivity contribution < 1.29 is 58.6 Å². The predicted molar refractivity (Wildman–Crippen MR) is 49.4 cm³/mol. The molecule has 0 aliphatic heterocycles. The van der Waals surface area contributed by atoms with Crippen molar-refractivity contribution in [2.45, 2.75) is 0 Å². The number of hydrogen-bond donors (Lipinski definition) is 4. The maximum atomic E-state index is 9.49. The minimum atomic E-state index is -1.57. The second-order valence-electron chi connectivity index (χ2n) is 1.88. The van der Waals surface area contributed by atoms with Crippen molar-refractivity contribution in [1.82, 2.24) is 0 Å². The van der Waals surface area contributed by atoms with Gasteiger partial charge in [-0.1, -0.05) is 0 Å². The molecule has 0 saturated carbocycles. The van der Waals surface area contributed by atoms with Crippen molar-refractivity contribution in [3.05, 3.63) is 7.43 Å². The van der Waals surface area contributed by atoms with Gasteiger partial charge in [-0.2, -0.15) is 0 Å². The Morgan fingerprint density at radius 2 is 0.737 bits per heavy atom. The van der Waals surface area contributed by atoms with Crippen LogP contribution in [-0.4, -0.2) is 58.6 Å². The normalized spacial score (nSPS) is 7.58. The molecule has 0 aromatic carbocycles. The van der Waals surface area contributed by atoms with Crippen LogP contribution < -0.4 is 0 Å². The van der Waals surface area contributed by atoms with Gasteiger partial charge >= 0.3 is 24.6 Å². The summed E-state index contributed by atoms with van der Waals surface area (Å²) in [5.74, 6) is 0. The van der Waals surface area contributed by atoms with Gasteiger partial charge in [0, 0.05) is 7.43 Å². The molecule has 108 valence electrons. The topological polar surface area (TPSA) is 186 Å². The highest BCUT2D eigenvalue weighted by molar-refractivity contribution is 5.59. The first-order chi connectivity index (χ1) is 8.25. The van der Waals surface area contributed by atoms with Gasteiger partial charge in [0.15, 0.2) is 0 Å². The molecule has 0 aromatic rings. The maximum absolute atomic E-state index is 9.49. The molecular formula is C7H8O12. The van der Waals surface area contributed by atoms with Gasteiger partial charge < -0.3 is 39.4 Å². The van der Waals surface area contributed by atoms with E-state index in [1.165, 1.54) is 0 Å². The molecule has 0 spiro atoms. The van der Waals surface area contributed by atoms with E-state index >= 15 is 0 Å². The third-order valence-corrected chi connectivity index (χ3v) is 0.730. The summed E-state index contributed by atoms with van der Waals surface area (Å²) in [6.45, 7) is -1.57. The zero-order valence-corrected chi connectivity index (χ0v) is 8.97. The summed E-state index contributed by atoms with van der Waals surface area (Å²) >= 11 is 0. The van der Waals surface area contributed by atoms with Crippen LogP contribution in [0.5, 0.6) is 0 Å². The van der Waals surface area contributed by atoms with Gasteiger partial charge in [0.05, 0.1) is 0 Å². The van der Waals surface area contributed by atoms with E-state index < -0.39 is 38.2 Å². The molecule has 0 bridgehead atoms. The first-order valence-corrected chi connectivity index (χ1v) is 3.68. The first-order valence-electron chi connectivity index (χ1n) is 3.68. The summed E-state index contributed by atoms with van der Waals surface area (Å²) in [5.41, 5.74) is 0. The number of ether oxygens (including phenoxy) is 4. The van der Waals surface area contributed by atoms with E-state index in [-0.39, 0.29) is 7.43 Å². The molecule has 0 amide bonds. The van der Waals surface area contributed by atoms with Crippen molar-refractivity contribution >= 4 is 24.6 Å². The smallest absolute Gasteiger partial charge is 0.450 e. The molecule has 0 aliphatic rings. The molecule has 0 fully saturated rings. The first kappa shape index (κ1) is 21.4. The fourth-order valence-corrected chi connectivity index (χ4v) is 0.261. The van der Waals surface area contributed by atoms with Crippen LogP contribution in [0.1, 0.15) is 0 Å². The van der Waals surface area contributed by atoms with Crippen LogP contribution in [0.25, 0.3) is 0 Å². The summed E-state index contributed by atoms with van der Waals surface area (Å²) in [6, 6.07) is 0. The van der Waals surface area contributed by atoms with Gasteiger partial charge in [-0.3, -0.25) is 0 Å². The Bertz CT molecular complexity index is 238. The van der Waals surface area contributed by atoms with Crippen molar-refractivity contribution in [3.63, 3.8) is 0 Å². The average molecular weight is 284 g/mol. The third-order valence-electron chi connectivity index (χ3n) is 0.730. The molecule has 0 rings (SSSR count). The Morgan fingerprint density at radius 1 is 0.579 bits per heavy atom. The van der Waals surface area contributed by atoms with Gasteiger partial charge in [0.2, 0.25) is 13.6 Å². The van der Waals surface area contributed by atoms with E-state index in [4.69, 9.17) is 20.4 Å². The van der Waals surface area contributed by atoms with Gasteiger partial charge in [-0.25, -0.2) is 19.2 Å².